The van der Waals surface area contributed by atoms with Gasteiger partial charge < -0.3 is 15.2 Å². The van der Waals surface area contributed by atoms with Crippen molar-refractivity contribution >= 4 is 27.5 Å². The summed E-state index contributed by atoms with van der Waals surface area (Å²) in [7, 11) is 1.62. The summed E-state index contributed by atoms with van der Waals surface area (Å²) in [5, 5.41) is 12.5. The van der Waals surface area contributed by atoms with E-state index in [1.54, 1.807) is 19.2 Å². The number of anilines is 1. The molecule has 0 radical (unpaired) electrons. The Morgan fingerprint density at radius 2 is 2.22 bits per heavy atom. The molecule has 0 saturated heterocycles. The fraction of sp³-hybridized carbons (Fsp3) is 0.462. The number of ether oxygens (including phenoxy) is 1. The Morgan fingerprint density at radius 1 is 1.56 bits per heavy atom. The molecule has 100 valence electrons. The molecule has 0 aliphatic heterocycles. The van der Waals surface area contributed by atoms with Crippen LogP contribution in [0.25, 0.3) is 0 Å². The molecule has 1 aromatic carbocycles. The van der Waals surface area contributed by atoms with Crippen LogP contribution >= 0.6 is 15.9 Å². The van der Waals surface area contributed by atoms with E-state index in [0.29, 0.717) is 23.0 Å². The third-order valence-corrected chi connectivity index (χ3v) is 3.27. The smallest absolute Gasteiger partial charge is 0.224 e. The average Bonchev–Trinajstić information content (AvgIpc) is 2.32. The molecule has 18 heavy (non-hydrogen) atoms. The van der Waals surface area contributed by atoms with E-state index in [1.165, 1.54) is 0 Å². The zero-order chi connectivity index (χ0) is 13.7. The van der Waals surface area contributed by atoms with Crippen LogP contribution in [0.4, 0.5) is 5.69 Å². The van der Waals surface area contributed by atoms with E-state index in [-0.39, 0.29) is 17.8 Å². The Balaban J connectivity index is 2.65. The molecule has 0 bridgehead atoms. The molecule has 5 heteroatoms. The van der Waals surface area contributed by atoms with Gasteiger partial charge in [-0.3, -0.25) is 4.79 Å². The van der Waals surface area contributed by atoms with Crippen LogP contribution in [0.5, 0.6) is 5.75 Å². The van der Waals surface area contributed by atoms with E-state index in [4.69, 9.17) is 4.74 Å². The molecule has 0 heterocycles. The molecule has 0 unspecified atom stereocenters. The standard InChI is InChI=1S/C13H18BrNO3/c1-8-6-10(14)13(17)11(7-8)15-12(16)5-4-9(2)18-3/h6-7,9,17H,4-5H2,1-3H3,(H,15,16)/t9-/m1/s1. The average molecular weight is 316 g/mol. The van der Waals surface area contributed by atoms with Gasteiger partial charge in [-0.05, 0) is 53.9 Å². The fourth-order valence-electron chi connectivity index (χ4n) is 1.49. The number of methoxy groups -OCH3 is 1. The van der Waals surface area contributed by atoms with Crippen LogP contribution in [0.15, 0.2) is 16.6 Å². The zero-order valence-corrected chi connectivity index (χ0v) is 12.4. The second-order valence-electron chi connectivity index (χ2n) is 4.28. The number of phenols is 1. The third kappa shape index (κ3) is 4.31. The zero-order valence-electron chi connectivity index (χ0n) is 10.8. The highest BCUT2D eigenvalue weighted by molar-refractivity contribution is 9.10. The van der Waals surface area contributed by atoms with Crippen LogP contribution in [0.2, 0.25) is 0 Å². The lowest BCUT2D eigenvalue weighted by atomic mass is 10.2. The van der Waals surface area contributed by atoms with Crippen molar-refractivity contribution in [3.63, 3.8) is 0 Å². The number of benzene rings is 1. The molecule has 1 rings (SSSR count). The first-order valence-electron chi connectivity index (χ1n) is 5.75. The summed E-state index contributed by atoms with van der Waals surface area (Å²) in [6.45, 7) is 3.81. The number of amides is 1. The molecule has 0 aliphatic carbocycles. The van der Waals surface area contributed by atoms with Gasteiger partial charge in [-0.2, -0.15) is 0 Å². The van der Waals surface area contributed by atoms with E-state index < -0.39 is 0 Å². The lowest BCUT2D eigenvalue weighted by Crippen LogP contribution is -2.15. The molecule has 0 spiro atoms. The summed E-state index contributed by atoms with van der Waals surface area (Å²) < 4.78 is 5.65. The Morgan fingerprint density at radius 3 is 2.83 bits per heavy atom. The second kappa shape index (κ2) is 6.75. The van der Waals surface area contributed by atoms with Crippen molar-refractivity contribution in [3.05, 3.63) is 22.2 Å². The number of aromatic hydroxyl groups is 1. The first-order chi connectivity index (χ1) is 8.43. The first-order valence-corrected chi connectivity index (χ1v) is 6.55. The van der Waals surface area contributed by atoms with Crippen molar-refractivity contribution in [1.29, 1.82) is 0 Å². The second-order valence-corrected chi connectivity index (χ2v) is 5.13. The number of rotatable bonds is 5. The molecular weight excluding hydrogens is 298 g/mol. The van der Waals surface area contributed by atoms with Gasteiger partial charge in [0.05, 0.1) is 16.3 Å². The summed E-state index contributed by atoms with van der Waals surface area (Å²) in [5.41, 5.74) is 1.39. The molecule has 4 nitrogen and oxygen atoms in total. The van der Waals surface area contributed by atoms with Crippen molar-refractivity contribution in [2.24, 2.45) is 0 Å². The van der Waals surface area contributed by atoms with Gasteiger partial charge in [0.1, 0.15) is 0 Å². The number of aryl methyl sites for hydroxylation is 1. The van der Waals surface area contributed by atoms with Crippen molar-refractivity contribution in [2.75, 3.05) is 12.4 Å². The predicted molar refractivity (Wildman–Crippen MR) is 74.9 cm³/mol. The normalized spacial score (nSPS) is 12.2. The largest absolute Gasteiger partial charge is 0.505 e. The van der Waals surface area contributed by atoms with Gasteiger partial charge in [0.25, 0.3) is 0 Å². The van der Waals surface area contributed by atoms with E-state index >= 15 is 0 Å². The number of phenolic OH excluding ortho intramolecular Hbond substituents is 1. The maximum absolute atomic E-state index is 11.7. The molecule has 1 aromatic rings. The van der Waals surface area contributed by atoms with Gasteiger partial charge in [-0.25, -0.2) is 0 Å². The minimum atomic E-state index is -0.133. The van der Waals surface area contributed by atoms with Crippen molar-refractivity contribution in [2.45, 2.75) is 32.8 Å². The third-order valence-electron chi connectivity index (χ3n) is 2.66. The lowest BCUT2D eigenvalue weighted by Gasteiger charge is -2.11. The van der Waals surface area contributed by atoms with Gasteiger partial charge >= 0.3 is 0 Å². The molecule has 2 N–H and O–H groups in total. The highest BCUT2D eigenvalue weighted by Gasteiger charge is 2.11. The number of carbonyl (C=O) groups is 1. The van der Waals surface area contributed by atoms with Gasteiger partial charge in [0.2, 0.25) is 5.91 Å². The van der Waals surface area contributed by atoms with Gasteiger partial charge in [0, 0.05) is 13.5 Å². The maximum atomic E-state index is 11.7. The fourth-order valence-corrected chi connectivity index (χ4v) is 2.07. The molecular formula is C13H18BrNO3. The van der Waals surface area contributed by atoms with E-state index in [1.807, 2.05) is 13.8 Å². The Bertz CT molecular complexity index is 434. The first kappa shape index (κ1) is 15.0. The van der Waals surface area contributed by atoms with Crippen molar-refractivity contribution < 1.29 is 14.6 Å². The molecule has 1 atom stereocenters. The monoisotopic (exact) mass is 315 g/mol. The molecule has 0 aromatic heterocycles. The summed E-state index contributed by atoms with van der Waals surface area (Å²) in [6.07, 6.45) is 1.06. The SMILES string of the molecule is CO[C@H](C)CCC(=O)Nc1cc(C)cc(Br)c1O. The number of hydrogen-bond donors (Lipinski definition) is 2. The van der Waals surface area contributed by atoms with Gasteiger partial charge in [-0.1, -0.05) is 0 Å². The Labute approximate surface area is 115 Å². The number of carbonyl (C=O) groups excluding carboxylic acids is 1. The topological polar surface area (TPSA) is 58.6 Å². The number of hydrogen-bond acceptors (Lipinski definition) is 3. The van der Waals surface area contributed by atoms with Crippen LogP contribution in [0, 0.1) is 6.92 Å². The molecule has 0 aliphatic rings. The van der Waals surface area contributed by atoms with Crippen LogP contribution in [0.3, 0.4) is 0 Å². The highest BCUT2D eigenvalue weighted by atomic mass is 79.9. The van der Waals surface area contributed by atoms with E-state index in [2.05, 4.69) is 21.2 Å². The minimum absolute atomic E-state index is 0.0496. The summed E-state index contributed by atoms with van der Waals surface area (Å²) in [6, 6.07) is 3.52. The van der Waals surface area contributed by atoms with Gasteiger partial charge in [0.15, 0.2) is 5.75 Å². The van der Waals surface area contributed by atoms with Crippen LogP contribution in [-0.4, -0.2) is 24.2 Å². The number of nitrogens with one attached hydrogen (secondary N) is 1. The molecule has 1 amide bonds. The Hall–Kier alpha value is -1.07. The van der Waals surface area contributed by atoms with E-state index in [0.717, 1.165) is 5.56 Å². The lowest BCUT2D eigenvalue weighted by molar-refractivity contribution is -0.116. The van der Waals surface area contributed by atoms with Gasteiger partial charge in [-0.15, -0.1) is 0 Å². The molecule has 0 saturated carbocycles. The maximum Gasteiger partial charge on any atom is 0.224 e. The minimum Gasteiger partial charge on any atom is -0.505 e. The van der Waals surface area contributed by atoms with Crippen LogP contribution in [0.1, 0.15) is 25.3 Å². The van der Waals surface area contributed by atoms with E-state index in [9.17, 15) is 9.90 Å². The Kier molecular flexibility index (Phi) is 5.62. The summed E-state index contributed by atoms with van der Waals surface area (Å²) >= 11 is 3.24. The molecule has 0 fully saturated rings. The van der Waals surface area contributed by atoms with Crippen molar-refractivity contribution in [1.82, 2.24) is 0 Å². The van der Waals surface area contributed by atoms with Crippen molar-refractivity contribution in [3.8, 4) is 5.75 Å². The summed E-state index contributed by atoms with van der Waals surface area (Å²) in [4.78, 5) is 11.7. The number of halogens is 1. The van der Waals surface area contributed by atoms with Crippen LogP contribution < -0.4 is 5.32 Å². The predicted octanol–water partition coefficient (Wildman–Crippen LogP) is 3.22. The summed E-state index contributed by atoms with van der Waals surface area (Å²) in [5.74, 6) is -0.0829. The highest BCUT2D eigenvalue weighted by Crippen LogP contribution is 2.33. The van der Waals surface area contributed by atoms with Crippen LogP contribution in [-0.2, 0) is 9.53 Å². The quantitative estimate of drug-likeness (QED) is 0.820.